The fraction of sp³-hybridized carbons (Fsp3) is 0.407. The highest BCUT2D eigenvalue weighted by molar-refractivity contribution is 7.17. The van der Waals surface area contributed by atoms with Crippen LogP contribution in [0.15, 0.2) is 48.5 Å². The highest BCUT2D eigenvalue weighted by Gasteiger charge is 2.33. The van der Waals surface area contributed by atoms with Crippen molar-refractivity contribution in [1.29, 1.82) is 0 Å². The van der Waals surface area contributed by atoms with E-state index in [1.807, 2.05) is 19.1 Å². The third kappa shape index (κ3) is 4.73. The quantitative estimate of drug-likeness (QED) is 0.368. The SMILES string of the molecule is CCc1nc2sc([C@H](c3ccc(OC)c(OC)c3)N3CCC(Cc4ccccc4)CC3)c(O)n2n1. The van der Waals surface area contributed by atoms with Gasteiger partial charge in [0.05, 0.1) is 25.1 Å². The average Bonchev–Trinajstić information content (AvgIpc) is 3.44. The number of hydrogen-bond donors (Lipinski definition) is 1. The predicted octanol–water partition coefficient (Wildman–Crippen LogP) is 5.12. The zero-order valence-corrected chi connectivity index (χ0v) is 21.3. The molecule has 0 radical (unpaired) electrons. The van der Waals surface area contributed by atoms with Crippen molar-refractivity contribution >= 4 is 16.3 Å². The normalized spacial score (nSPS) is 16.0. The second kappa shape index (κ2) is 10.3. The Hall–Kier alpha value is -3.10. The number of rotatable bonds is 8. The van der Waals surface area contributed by atoms with Crippen LogP contribution in [0.3, 0.4) is 0 Å². The third-order valence-corrected chi connectivity index (χ3v) is 7.99. The minimum Gasteiger partial charge on any atom is -0.493 e. The maximum Gasteiger partial charge on any atom is 0.230 e. The fourth-order valence-corrected chi connectivity index (χ4v) is 6.17. The molecule has 1 fully saturated rings. The van der Waals surface area contributed by atoms with Gasteiger partial charge in [0.1, 0.15) is 0 Å². The number of likely N-dealkylation sites (tertiary alicyclic amines) is 1. The van der Waals surface area contributed by atoms with Crippen LogP contribution in [0, 0.1) is 5.92 Å². The first kappa shape index (κ1) is 23.6. The molecular weight excluding hydrogens is 460 g/mol. The molecule has 0 saturated carbocycles. The van der Waals surface area contributed by atoms with Crippen LogP contribution in [0.25, 0.3) is 4.96 Å². The van der Waals surface area contributed by atoms with Gasteiger partial charge in [0.25, 0.3) is 0 Å². The first-order chi connectivity index (χ1) is 17.1. The van der Waals surface area contributed by atoms with Crippen LogP contribution in [-0.2, 0) is 12.8 Å². The van der Waals surface area contributed by atoms with Crippen molar-refractivity contribution in [3.63, 3.8) is 0 Å². The van der Waals surface area contributed by atoms with Crippen molar-refractivity contribution in [2.45, 2.75) is 38.6 Å². The van der Waals surface area contributed by atoms with Crippen molar-refractivity contribution < 1.29 is 14.6 Å². The Morgan fingerprint density at radius 3 is 2.46 bits per heavy atom. The van der Waals surface area contributed by atoms with E-state index in [1.54, 1.807) is 18.7 Å². The van der Waals surface area contributed by atoms with Gasteiger partial charge in [-0.15, -0.1) is 5.10 Å². The summed E-state index contributed by atoms with van der Waals surface area (Å²) in [6, 6.07) is 16.6. The lowest BCUT2D eigenvalue weighted by atomic mass is 9.88. The summed E-state index contributed by atoms with van der Waals surface area (Å²) in [5, 5.41) is 15.7. The van der Waals surface area contributed by atoms with Gasteiger partial charge in [-0.05, 0) is 61.5 Å². The van der Waals surface area contributed by atoms with E-state index < -0.39 is 0 Å². The molecular formula is C27H32N4O3S. The van der Waals surface area contributed by atoms with Crippen LogP contribution in [0.1, 0.15) is 47.6 Å². The van der Waals surface area contributed by atoms with E-state index in [-0.39, 0.29) is 11.9 Å². The van der Waals surface area contributed by atoms with Gasteiger partial charge in [-0.3, -0.25) is 4.90 Å². The molecule has 1 N–H and O–H groups in total. The second-order valence-corrected chi connectivity index (χ2v) is 10.1. The molecule has 1 atom stereocenters. The number of benzene rings is 2. The lowest BCUT2D eigenvalue weighted by Crippen LogP contribution is -2.37. The Kier molecular flexibility index (Phi) is 6.92. The van der Waals surface area contributed by atoms with E-state index >= 15 is 0 Å². The number of thiazole rings is 1. The molecule has 184 valence electrons. The minimum atomic E-state index is -0.119. The van der Waals surface area contributed by atoms with Gasteiger partial charge in [0.2, 0.25) is 10.8 Å². The summed E-state index contributed by atoms with van der Waals surface area (Å²) < 4.78 is 12.7. The number of aromatic hydroxyl groups is 1. The van der Waals surface area contributed by atoms with Crippen LogP contribution < -0.4 is 9.47 Å². The summed E-state index contributed by atoms with van der Waals surface area (Å²) in [6.07, 6.45) is 4.06. The second-order valence-electron chi connectivity index (χ2n) is 9.05. The van der Waals surface area contributed by atoms with E-state index in [1.165, 1.54) is 16.9 Å². The van der Waals surface area contributed by atoms with E-state index in [0.29, 0.717) is 17.4 Å². The van der Waals surface area contributed by atoms with Crippen LogP contribution in [0.2, 0.25) is 0 Å². The Balaban J connectivity index is 1.46. The van der Waals surface area contributed by atoms with E-state index in [2.05, 4.69) is 51.4 Å². The molecule has 3 heterocycles. The summed E-state index contributed by atoms with van der Waals surface area (Å²) in [5.41, 5.74) is 2.46. The molecule has 1 aliphatic heterocycles. The van der Waals surface area contributed by atoms with Crippen LogP contribution >= 0.6 is 11.3 Å². The number of ether oxygens (including phenoxy) is 2. The third-order valence-electron chi connectivity index (χ3n) is 6.91. The van der Waals surface area contributed by atoms with Crippen LogP contribution in [0.4, 0.5) is 0 Å². The zero-order valence-electron chi connectivity index (χ0n) is 20.5. The molecule has 0 bridgehead atoms. The van der Waals surface area contributed by atoms with Gasteiger partial charge in [-0.2, -0.15) is 4.52 Å². The van der Waals surface area contributed by atoms with Crippen molar-refractivity contribution in [1.82, 2.24) is 19.5 Å². The van der Waals surface area contributed by atoms with Gasteiger partial charge in [-0.25, -0.2) is 4.98 Å². The Bertz CT molecular complexity index is 1280. The van der Waals surface area contributed by atoms with Crippen molar-refractivity contribution in [3.05, 3.63) is 70.4 Å². The molecule has 0 aliphatic carbocycles. The summed E-state index contributed by atoms with van der Waals surface area (Å²) in [4.78, 5) is 8.65. The Morgan fingerprint density at radius 1 is 1.06 bits per heavy atom. The highest BCUT2D eigenvalue weighted by Crippen LogP contribution is 2.43. The first-order valence-electron chi connectivity index (χ1n) is 12.2. The molecule has 2 aromatic carbocycles. The molecule has 7 nitrogen and oxygen atoms in total. The standard InChI is InChI=1S/C27H32N4O3S/c1-4-23-28-27-31(29-23)26(32)25(35-27)24(20-10-11-21(33-2)22(17-20)34-3)30-14-12-19(13-15-30)16-18-8-6-5-7-9-18/h5-11,17,19,24,32H,4,12-16H2,1-3H3/t24-/m0/s1. The zero-order chi connectivity index (χ0) is 24.4. The summed E-state index contributed by atoms with van der Waals surface area (Å²) in [6.45, 7) is 3.91. The van der Waals surface area contributed by atoms with E-state index in [0.717, 1.165) is 60.0 Å². The monoisotopic (exact) mass is 492 g/mol. The van der Waals surface area contributed by atoms with Gasteiger partial charge in [0.15, 0.2) is 17.3 Å². The minimum absolute atomic E-state index is 0.119. The van der Waals surface area contributed by atoms with Gasteiger partial charge >= 0.3 is 0 Å². The number of fused-ring (bicyclic) bond motifs is 1. The predicted molar refractivity (Wildman–Crippen MR) is 138 cm³/mol. The molecule has 8 heteroatoms. The Labute approximate surface area is 210 Å². The molecule has 5 rings (SSSR count). The van der Waals surface area contributed by atoms with Gasteiger partial charge in [0, 0.05) is 6.42 Å². The smallest absolute Gasteiger partial charge is 0.230 e. The maximum atomic E-state index is 11.2. The summed E-state index contributed by atoms with van der Waals surface area (Å²) in [5.74, 6) is 2.94. The van der Waals surface area contributed by atoms with E-state index in [9.17, 15) is 5.11 Å². The first-order valence-corrected chi connectivity index (χ1v) is 13.0. The largest absolute Gasteiger partial charge is 0.493 e. The van der Waals surface area contributed by atoms with Crippen molar-refractivity contribution in [2.24, 2.45) is 5.92 Å². The molecule has 0 unspecified atom stereocenters. The highest BCUT2D eigenvalue weighted by atomic mass is 32.1. The van der Waals surface area contributed by atoms with Crippen molar-refractivity contribution in [2.75, 3.05) is 27.3 Å². The van der Waals surface area contributed by atoms with E-state index in [4.69, 9.17) is 9.47 Å². The number of piperidine rings is 1. The number of aromatic nitrogens is 3. The molecule has 0 spiro atoms. The molecule has 4 aromatic rings. The van der Waals surface area contributed by atoms with Crippen LogP contribution in [-0.4, -0.2) is 51.9 Å². The lowest BCUT2D eigenvalue weighted by molar-refractivity contribution is 0.150. The van der Waals surface area contributed by atoms with Gasteiger partial charge in [-0.1, -0.05) is 54.7 Å². The van der Waals surface area contributed by atoms with Crippen molar-refractivity contribution in [3.8, 4) is 17.4 Å². The molecule has 1 aliphatic rings. The summed E-state index contributed by atoms with van der Waals surface area (Å²) >= 11 is 1.51. The number of methoxy groups -OCH3 is 2. The molecule has 1 saturated heterocycles. The van der Waals surface area contributed by atoms with Gasteiger partial charge < -0.3 is 14.6 Å². The molecule has 35 heavy (non-hydrogen) atoms. The average molecular weight is 493 g/mol. The number of nitrogens with zero attached hydrogens (tertiary/aromatic N) is 4. The summed E-state index contributed by atoms with van der Waals surface area (Å²) in [7, 11) is 3.29. The molecule has 2 aromatic heterocycles. The molecule has 0 amide bonds. The lowest BCUT2D eigenvalue weighted by Gasteiger charge is -2.37. The topological polar surface area (TPSA) is 72.1 Å². The Morgan fingerprint density at radius 2 is 1.80 bits per heavy atom. The number of hydrogen-bond acceptors (Lipinski definition) is 7. The van der Waals surface area contributed by atoms with Crippen LogP contribution in [0.5, 0.6) is 17.4 Å². The fourth-order valence-electron chi connectivity index (χ4n) is 5.03. The number of aryl methyl sites for hydroxylation is 1. The maximum absolute atomic E-state index is 11.2.